The molecule has 1 heterocycles. The summed E-state index contributed by atoms with van der Waals surface area (Å²) in [5.74, 6) is -0.211. The maximum Gasteiger partial charge on any atom is 0.233 e. The molecule has 5 heteroatoms. The Balaban J connectivity index is 2.27. The van der Waals surface area contributed by atoms with Crippen molar-refractivity contribution in [1.29, 1.82) is 0 Å². The molecule has 1 aliphatic rings. The fourth-order valence-electron chi connectivity index (χ4n) is 2.03. The molecule has 5 nitrogen and oxygen atoms in total. The molecule has 1 atom stereocenters. The van der Waals surface area contributed by atoms with Crippen LogP contribution in [-0.2, 0) is 11.2 Å². The van der Waals surface area contributed by atoms with Gasteiger partial charge in [-0.25, -0.2) is 0 Å². The number of hydrogen-bond donors (Lipinski definition) is 1. The van der Waals surface area contributed by atoms with Crippen molar-refractivity contribution in [3.05, 3.63) is 40.3 Å². The maximum atomic E-state index is 11.9. The van der Waals surface area contributed by atoms with Gasteiger partial charge in [0, 0.05) is 10.6 Å². The molecule has 1 unspecified atom stereocenters. The first-order valence-electron chi connectivity index (χ1n) is 5.74. The highest BCUT2D eigenvalue weighted by Gasteiger charge is 2.19. The molecule has 0 spiro atoms. The molecule has 0 radical (unpaired) electrons. The fraction of sp³-hybridized carbons (Fsp3) is 0.417. The maximum absolute atomic E-state index is 11.9. The number of carbonyl (C=O) groups is 1. The van der Waals surface area contributed by atoms with Gasteiger partial charge < -0.3 is 5.32 Å². The number of carbonyl (C=O) groups excluding carboxylic acids is 1. The van der Waals surface area contributed by atoms with E-state index in [0.717, 1.165) is 30.5 Å². The van der Waals surface area contributed by atoms with Crippen molar-refractivity contribution in [3.63, 3.8) is 0 Å². The van der Waals surface area contributed by atoms with Gasteiger partial charge >= 0.3 is 0 Å². The first-order chi connectivity index (χ1) is 8.31. The lowest BCUT2D eigenvalue weighted by Crippen LogP contribution is -2.25. The topological polar surface area (TPSA) is 77.9 Å². The Kier molecular flexibility index (Phi) is 3.62. The highest BCUT2D eigenvalue weighted by atomic mass is 16.2. The molecule has 1 aliphatic heterocycles. The summed E-state index contributed by atoms with van der Waals surface area (Å²) in [5, 5.41) is 6.38. The Morgan fingerprint density at radius 2 is 2.18 bits per heavy atom. The van der Waals surface area contributed by atoms with Crippen LogP contribution >= 0.6 is 0 Å². The number of benzene rings is 1. The number of amides is 1. The van der Waals surface area contributed by atoms with Gasteiger partial charge in [-0.2, -0.15) is 0 Å². The van der Waals surface area contributed by atoms with Crippen LogP contribution in [0.25, 0.3) is 10.4 Å². The van der Waals surface area contributed by atoms with Crippen LogP contribution in [0.5, 0.6) is 0 Å². The summed E-state index contributed by atoms with van der Waals surface area (Å²) in [6, 6.07) is 7.16. The summed E-state index contributed by atoms with van der Waals surface area (Å²) in [5.41, 5.74) is 10.4. The molecule has 0 saturated carbocycles. The van der Waals surface area contributed by atoms with Gasteiger partial charge in [0.2, 0.25) is 5.91 Å². The smallest absolute Gasteiger partial charge is 0.233 e. The molecule has 88 valence electrons. The van der Waals surface area contributed by atoms with Crippen molar-refractivity contribution >= 4 is 11.6 Å². The SMILES string of the molecule is [N-]=[N+]=NC1CCCCc2ccccc2NC1=O. The van der Waals surface area contributed by atoms with E-state index in [2.05, 4.69) is 15.3 Å². The zero-order valence-corrected chi connectivity index (χ0v) is 9.47. The van der Waals surface area contributed by atoms with Gasteiger partial charge in [-0.3, -0.25) is 4.79 Å². The van der Waals surface area contributed by atoms with Crippen LogP contribution in [0.15, 0.2) is 29.4 Å². The Morgan fingerprint density at radius 3 is 3.00 bits per heavy atom. The lowest BCUT2D eigenvalue weighted by molar-refractivity contribution is -0.117. The molecule has 0 aliphatic carbocycles. The summed E-state index contributed by atoms with van der Waals surface area (Å²) >= 11 is 0. The summed E-state index contributed by atoms with van der Waals surface area (Å²) in [7, 11) is 0. The first kappa shape index (κ1) is 11.5. The summed E-state index contributed by atoms with van der Waals surface area (Å²) < 4.78 is 0. The van der Waals surface area contributed by atoms with E-state index in [4.69, 9.17) is 5.53 Å². The van der Waals surface area contributed by atoms with E-state index < -0.39 is 6.04 Å². The van der Waals surface area contributed by atoms with Crippen molar-refractivity contribution in [2.75, 3.05) is 5.32 Å². The molecule has 1 N–H and O–H groups in total. The lowest BCUT2D eigenvalue weighted by Gasteiger charge is -2.11. The molecule has 0 bridgehead atoms. The number of para-hydroxylation sites is 1. The van der Waals surface area contributed by atoms with Crippen LogP contribution in [0.1, 0.15) is 24.8 Å². The fourth-order valence-corrected chi connectivity index (χ4v) is 2.03. The molecule has 0 aromatic heterocycles. The van der Waals surface area contributed by atoms with Crippen LogP contribution in [-0.4, -0.2) is 11.9 Å². The molecular weight excluding hydrogens is 216 g/mol. The molecule has 0 saturated heterocycles. The van der Waals surface area contributed by atoms with Crippen LogP contribution in [0, 0.1) is 0 Å². The van der Waals surface area contributed by atoms with Crippen LogP contribution < -0.4 is 5.32 Å². The normalized spacial score (nSPS) is 20.0. The molecule has 1 aromatic rings. The van der Waals surface area contributed by atoms with Gasteiger partial charge in [-0.15, -0.1) is 0 Å². The average molecular weight is 230 g/mol. The van der Waals surface area contributed by atoms with E-state index in [0.29, 0.717) is 6.42 Å². The number of fused-ring (bicyclic) bond motifs is 1. The van der Waals surface area contributed by atoms with Gasteiger partial charge in [0.15, 0.2) is 0 Å². The third kappa shape index (κ3) is 2.77. The zero-order valence-electron chi connectivity index (χ0n) is 9.47. The number of nitrogens with one attached hydrogen (secondary N) is 1. The van der Waals surface area contributed by atoms with Crippen molar-refractivity contribution in [1.82, 2.24) is 0 Å². The quantitative estimate of drug-likeness (QED) is 0.449. The molecular formula is C12H14N4O. The number of azide groups is 1. The van der Waals surface area contributed by atoms with E-state index in [1.165, 1.54) is 0 Å². The second kappa shape index (κ2) is 5.37. The van der Waals surface area contributed by atoms with Crippen LogP contribution in [0.3, 0.4) is 0 Å². The van der Waals surface area contributed by atoms with E-state index >= 15 is 0 Å². The molecule has 1 amide bonds. The van der Waals surface area contributed by atoms with Gasteiger partial charge in [0.25, 0.3) is 0 Å². The molecule has 2 rings (SSSR count). The summed E-state index contributed by atoms with van der Waals surface area (Å²) in [4.78, 5) is 14.6. The third-order valence-electron chi connectivity index (χ3n) is 2.94. The number of aryl methyl sites for hydroxylation is 1. The number of rotatable bonds is 1. The third-order valence-corrected chi connectivity index (χ3v) is 2.94. The second-order valence-corrected chi connectivity index (χ2v) is 4.11. The van der Waals surface area contributed by atoms with Gasteiger partial charge in [0.05, 0.1) is 0 Å². The van der Waals surface area contributed by atoms with Crippen LogP contribution in [0.2, 0.25) is 0 Å². The predicted octanol–water partition coefficient (Wildman–Crippen LogP) is 3.03. The van der Waals surface area contributed by atoms with Crippen molar-refractivity contribution in [2.45, 2.75) is 31.7 Å². The average Bonchev–Trinajstić information content (AvgIpc) is 2.41. The number of nitrogens with zero attached hydrogens (tertiary/aromatic N) is 3. The highest BCUT2D eigenvalue weighted by Crippen LogP contribution is 2.21. The minimum absolute atomic E-state index is 0.211. The lowest BCUT2D eigenvalue weighted by atomic mass is 10.0. The minimum atomic E-state index is -0.592. The molecule has 1 aromatic carbocycles. The van der Waals surface area contributed by atoms with E-state index in [1.807, 2.05) is 24.3 Å². The highest BCUT2D eigenvalue weighted by molar-refractivity contribution is 5.95. The van der Waals surface area contributed by atoms with E-state index in [-0.39, 0.29) is 5.91 Å². The van der Waals surface area contributed by atoms with Gasteiger partial charge in [-0.05, 0) is 36.4 Å². The largest absolute Gasteiger partial charge is 0.325 e. The van der Waals surface area contributed by atoms with E-state index in [1.54, 1.807) is 0 Å². The van der Waals surface area contributed by atoms with Crippen LogP contribution in [0.4, 0.5) is 5.69 Å². The molecule has 0 fully saturated rings. The first-order valence-corrected chi connectivity index (χ1v) is 5.74. The Bertz CT molecular complexity index is 465. The molecule has 17 heavy (non-hydrogen) atoms. The number of anilines is 1. The Hall–Kier alpha value is -2.00. The standard InChI is InChI=1S/C12H14N4O/c13-16-15-11-8-4-2-6-9-5-1-3-7-10(9)14-12(11)17/h1,3,5,7,11H,2,4,6,8H2,(H,14,17). The Labute approximate surface area is 99.5 Å². The minimum Gasteiger partial charge on any atom is -0.325 e. The summed E-state index contributed by atoms with van der Waals surface area (Å²) in [6.45, 7) is 0. The summed E-state index contributed by atoms with van der Waals surface area (Å²) in [6.07, 6.45) is 3.46. The second-order valence-electron chi connectivity index (χ2n) is 4.11. The zero-order chi connectivity index (χ0) is 12.1. The van der Waals surface area contributed by atoms with E-state index in [9.17, 15) is 4.79 Å². The van der Waals surface area contributed by atoms with Crippen molar-refractivity contribution < 1.29 is 4.79 Å². The monoisotopic (exact) mass is 230 g/mol. The number of hydrogen-bond acceptors (Lipinski definition) is 2. The van der Waals surface area contributed by atoms with Crippen molar-refractivity contribution in [2.24, 2.45) is 5.11 Å². The van der Waals surface area contributed by atoms with Crippen molar-refractivity contribution in [3.8, 4) is 0 Å². The van der Waals surface area contributed by atoms with Gasteiger partial charge in [0.1, 0.15) is 6.04 Å². The van der Waals surface area contributed by atoms with Gasteiger partial charge in [-0.1, -0.05) is 29.7 Å². The Morgan fingerprint density at radius 1 is 1.35 bits per heavy atom. The predicted molar refractivity (Wildman–Crippen MR) is 65.6 cm³/mol.